The minimum atomic E-state index is -4.80. The van der Waals surface area contributed by atoms with Crippen LogP contribution >= 0.6 is 23.5 Å². The molecule has 2 aromatic heterocycles. The van der Waals surface area contributed by atoms with E-state index in [1.54, 1.807) is 24.3 Å². The molecular formula is C46H36N8O6S4. The number of rotatable bonds is 16. The Kier molecular flexibility index (Phi) is 13.3. The first-order valence-electron chi connectivity index (χ1n) is 19.2. The molecule has 0 fully saturated rings. The van der Waals surface area contributed by atoms with Gasteiger partial charge in [0.15, 0.2) is 10.3 Å². The minimum absolute atomic E-state index is 0.0491. The van der Waals surface area contributed by atoms with Crippen molar-refractivity contribution in [2.75, 3.05) is 21.3 Å². The van der Waals surface area contributed by atoms with Gasteiger partial charge in [0.2, 0.25) is 0 Å². The fourth-order valence-corrected chi connectivity index (χ4v) is 9.34. The van der Waals surface area contributed by atoms with E-state index in [1.165, 1.54) is 36.4 Å². The van der Waals surface area contributed by atoms with Crippen LogP contribution in [0.2, 0.25) is 0 Å². The lowest BCUT2D eigenvalue weighted by molar-refractivity contribution is 0.480. The maximum atomic E-state index is 12.8. The third kappa shape index (κ3) is 11.9. The number of anilines is 8. The standard InChI is InChI=1S/C46H36N8O6S4/c55-63(56,57)39-27-37(61-45-51-41(47-33-13-5-1-6-14-33)29-42(52-45)48-34-15-7-2-8-16-34)25-23-31(39)21-22-32-24-26-38(28-40(32)64(58,59)60)62-46-53-43(49-35-17-9-3-10-18-35)30-44(54-46)50-36-19-11-4-12-20-36/h1-30H,(H,55,56,57)(H,58,59,60)(H2,47,48,51,52)(H2,49,50,53,54). The average molecular weight is 925 g/mol. The molecule has 0 unspecified atom stereocenters. The van der Waals surface area contributed by atoms with Gasteiger partial charge in [0.1, 0.15) is 33.1 Å². The molecule has 64 heavy (non-hydrogen) atoms. The molecule has 0 saturated carbocycles. The van der Waals surface area contributed by atoms with E-state index < -0.39 is 30.0 Å². The van der Waals surface area contributed by atoms with Crippen molar-refractivity contribution in [1.82, 2.24) is 19.9 Å². The van der Waals surface area contributed by atoms with Gasteiger partial charge in [-0.15, -0.1) is 0 Å². The largest absolute Gasteiger partial charge is 0.340 e. The van der Waals surface area contributed by atoms with Gasteiger partial charge in [0.25, 0.3) is 20.2 Å². The molecule has 0 atom stereocenters. The summed E-state index contributed by atoms with van der Waals surface area (Å²) in [5, 5.41) is 13.6. The van der Waals surface area contributed by atoms with E-state index in [9.17, 15) is 25.9 Å². The van der Waals surface area contributed by atoms with Crippen LogP contribution in [-0.4, -0.2) is 45.9 Å². The topological polar surface area (TPSA) is 208 Å². The van der Waals surface area contributed by atoms with Crippen molar-refractivity contribution in [1.29, 1.82) is 0 Å². The zero-order valence-electron chi connectivity index (χ0n) is 33.3. The Morgan fingerprint density at radius 3 is 0.938 bits per heavy atom. The van der Waals surface area contributed by atoms with Gasteiger partial charge in [-0.2, -0.15) is 16.8 Å². The highest BCUT2D eigenvalue weighted by Crippen LogP contribution is 2.35. The molecule has 0 aliphatic carbocycles. The molecule has 0 amide bonds. The van der Waals surface area contributed by atoms with Crippen molar-refractivity contribution in [2.45, 2.75) is 29.9 Å². The smallest absolute Gasteiger partial charge is 0.295 e. The monoisotopic (exact) mass is 924 g/mol. The fourth-order valence-electron chi connectivity index (χ4n) is 6.14. The van der Waals surface area contributed by atoms with Crippen LogP contribution in [0.25, 0.3) is 12.2 Å². The summed E-state index contributed by atoms with van der Waals surface area (Å²) in [6.45, 7) is 0. The van der Waals surface area contributed by atoms with E-state index in [0.717, 1.165) is 46.3 Å². The summed E-state index contributed by atoms with van der Waals surface area (Å²) < 4.78 is 71.8. The number of benzene rings is 6. The van der Waals surface area contributed by atoms with Crippen molar-refractivity contribution in [2.24, 2.45) is 0 Å². The quantitative estimate of drug-likeness (QED) is 0.0302. The predicted molar refractivity (Wildman–Crippen MR) is 253 cm³/mol. The maximum Gasteiger partial charge on any atom is 0.295 e. The van der Waals surface area contributed by atoms with Crippen molar-refractivity contribution in [3.8, 4) is 0 Å². The zero-order valence-corrected chi connectivity index (χ0v) is 36.5. The molecule has 0 aliphatic rings. The van der Waals surface area contributed by atoms with Gasteiger partial charge in [0, 0.05) is 44.7 Å². The minimum Gasteiger partial charge on any atom is -0.340 e. The van der Waals surface area contributed by atoms with E-state index >= 15 is 0 Å². The van der Waals surface area contributed by atoms with Crippen molar-refractivity contribution < 1.29 is 25.9 Å². The Morgan fingerprint density at radius 1 is 0.391 bits per heavy atom. The first-order chi connectivity index (χ1) is 30.9. The van der Waals surface area contributed by atoms with Crippen LogP contribution in [0.3, 0.4) is 0 Å². The van der Waals surface area contributed by atoms with Gasteiger partial charge in [0.05, 0.1) is 0 Å². The Bertz CT molecular complexity index is 2840. The predicted octanol–water partition coefficient (Wildman–Crippen LogP) is 11.2. The number of nitrogens with zero attached hydrogens (tertiary/aromatic N) is 4. The van der Waals surface area contributed by atoms with Crippen molar-refractivity contribution >= 4 is 102 Å². The normalized spacial score (nSPS) is 11.6. The molecule has 6 aromatic carbocycles. The molecule has 0 aliphatic heterocycles. The second-order valence-corrected chi connectivity index (χ2v) is 18.6. The van der Waals surface area contributed by atoms with Crippen LogP contribution in [0.1, 0.15) is 11.1 Å². The summed E-state index contributed by atoms with van der Waals surface area (Å²) in [6.07, 6.45) is 2.67. The first kappa shape index (κ1) is 43.6. The summed E-state index contributed by atoms with van der Waals surface area (Å²) in [6, 6.07) is 49.9. The first-order valence-corrected chi connectivity index (χ1v) is 23.7. The molecule has 14 nitrogen and oxygen atoms in total. The van der Waals surface area contributed by atoms with Crippen LogP contribution in [0.4, 0.5) is 46.0 Å². The summed E-state index contributed by atoms with van der Waals surface area (Å²) in [5.74, 6) is 1.90. The van der Waals surface area contributed by atoms with Crippen LogP contribution < -0.4 is 21.3 Å². The van der Waals surface area contributed by atoms with Crippen LogP contribution in [0.15, 0.2) is 200 Å². The van der Waals surface area contributed by atoms with E-state index in [2.05, 4.69) is 41.2 Å². The van der Waals surface area contributed by atoms with Gasteiger partial charge in [-0.05, 0) is 107 Å². The zero-order chi connectivity index (χ0) is 44.5. The molecule has 2 heterocycles. The Balaban J connectivity index is 1.07. The van der Waals surface area contributed by atoms with Crippen molar-refractivity contribution in [3.63, 3.8) is 0 Å². The molecular weight excluding hydrogens is 889 g/mol. The van der Waals surface area contributed by atoms with Gasteiger partial charge >= 0.3 is 0 Å². The maximum absolute atomic E-state index is 12.8. The molecule has 8 aromatic rings. The molecule has 320 valence electrons. The molecule has 6 N–H and O–H groups in total. The van der Waals surface area contributed by atoms with Crippen LogP contribution in [0, 0.1) is 0 Å². The molecule has 0 spiro atoms. The third-order valence-electron chi connectivity index (χ3n) is 8.98. The second kappa shape index (κ2) is 19.5. The number of para-hydroxylation sites is 4. The summed E-state index contributed by atoms with van der Waals surface area (Å²) >= 11 is 2.13. The fraction of sp³-hybridized carbons (Fsp3) is 0. The molecule has 18 heteroatoms. The van der Waals surface area contributed by atoms with Gasteiger partial charge in [-0.25, -0.2) is 19.9 Å². The number of hydrogen-bond acceptors (Lipinski definition) is 14. The van der Waals surface area contributed by atoms with Crippen molar-refractivity contribution in [3.05, 3.63) is 181 Å². The lowest BCUT2D eigenvalue weighted by atomic mass is 10.1. The van der Waals surface area contributed by atoms with Gasteiger partial charge in [-0.3, -0.25) is 9.11 Å². The number of nitrogens with one attached hydrogen (secondary N) is 4. The van der Waals surface area contributed by atoms with Crippen LogP contribution in [0.5, 0.6) is 0 Å². The SMILES string of the molecule is O=S(=O)(O)c1cc(Sc2nc(Nc3ccccc3)cc(Nc3ccccc3)n2)ccc1C=Cc1ccc(Sc2nc(Nc3ccccc3)cc(Nc3ccccc3)n2)cc1S(=O)(=O)O. The second-order valence-electron chi connectivity index (χ2n) is 13.7. The van der Waals surface area contributed by atoms with E-state index in [4.69, 9.17) is 0 Å². The summed E-state index contributed by atoms with van der Waals surface area (Å²) in [5.41, 5.74) is 3.26. The summed E-state index contributed by atoms with van der Waals surface area (Å²) in [7, 11) is -9.61. The Labute approximate surface area is 377 Å². The van der Waals surface area contributed by atoms with E-state index in [0.29, 0.717) is 33.1 Å². The summed E-state index contributed by atoms with van der Waals surface area (Å²) in [4.78, 5) is 18.5. The number of aromatic nitrogens is 4. The highest BCUT2D eigenvalue weighted by atomic mass is 32.2. The Hall–Kier alpha value is -7.06. The highest BCUT2D eigenvalue weighted by molar-refractivity contribution is 7.99. The molecule has 0 saturated heterocycles. The molecule has 0 radical (unpaired) electrons. The lowest BCUT2D eigenvalue weighted by Crippen LogP contribution is -2.03. The van der Waals surface area contributed by atoms with Gasteiger partial charge in [-0.1, -0.05) is 97.1 Å². The number of hydrogen-bond donors (Lipinski definition) is 6. The van der Waals surface area contributed by atoms with Gasteiger partial charge < -0.3 is 21.3 Å². The average Bonchev–Trinajstić information content (AvgIpc) is 3.27. The van der Waals surface area contributed by atoms with Crippen LogP contribution in [-0.2, 0) is 20.2 Å². The highest BCUT2D eigenvalue weighted by Gasteiger charge is 2.20. The molecule has 8 rings (SSSR count). The Morgan fingerprint density at radius 2 is 0.672 bits per heavy atom. The molecule has 0 bridgehead atoms. The van der Waals surface area contributed by atoms with E-state index in [-0.39, 0.29) is 21.4 Å². The third-order valence-corrected chi connectivity index (χ3v) is 12.5. The lowest BCUT2D eigenvalue weighted by Gasteiger charge is -2.12. The van der Waals surface area contributed by atoms with E-state index in [1.807, 2.05) is 121 Å².